The second-order valence-corrected chi connectivity index (χ2v) is 4.07. The third-order valence-corrected chi connectivity index (χ3v) is 2.87. The molecule has 0 spiro atoms. The molecule has 1 heterocycles. The van der Waals surface area contributed by atoms with E-state index in [1.807, 2.05) is 30.3 Å². The van der Waals surface area contributed by atoms with Crippen LogP contribution in [0.1, 0.15) is 0 Å². The van der Waals surface area contributed by atoms with Crippen molar-refractivity contribution in [1.82, 2.24) is 4.98 Å². The zero-order valence-electron chi connectivity index (χ0n) is 9.47. The molecule has 1 aromatic heterocycles. The summed E-state index contributed by atoms with van der Waals surface area (Å²) in [5, 5.41) is 10.7. The maximum absolute atomic E-state index is 13.2. The van der Waals surface area contributed by atoms with E-state index in [0.717, 1.165) is 16.5 Å². The highest BCUT2D eigenvalue weighted by Gasteiger charge is 2.06. The van der Waals surface area contributed by atoms with Gasteiger partial charge in [0.25, 0.3) is 0 Å². The van der Waals surface area contributed by atoms with Crippen LogP contribution in [-0.2, 0) is 0 Å². The van der Waals surface area contributed by atoms with Gasteiger partial charge in [0.1, 0.15) is 11.6 Å². The summed E-state index contributed by atoms with van der Waals surface area (Å²) < 4.78 is 13.2. The van der Waals surface area contributed by atoms with Crippen molar-refractivity contribution >= 4 is 10.9 Å². The number of aromatic nitrogens is 1. The van der Waals surface area contributed by atoms with Gasteiger partial charge in [-0.25, -0.2) is 4.39 Å². The van der Waals surface area contributed by atoms with E-state index in [-0.39, 0.29) is 11.6 Å². The van der Waals surface area contributed by atoms with Gasteiger partial charge < -0.3 is 5.11 Å². The molecule has 0 aliphatic rings. The Kier molecular flexibility index (Phi) is 2.45. The van der Waals surface area contributed by atoms with Gasteiger partial charge >= 0.3 is 0 Å². The number of aromatic hydroxyl groups is 1. The maximum atomic E-state index is 13.2. The van der Waals surface area contributed by atoms with Gasteiger partial charge in [-0.2, -0.15) is 0 Å². The number of fused-ring (bicyclic) bond motifs is 1. The lowest BCUT2D eigenvalue weighted by molar-refractivity contribution is 0.475. The third kappa shape index (κ3) is 1.80. The highest BCUT2D eigenvalue weighted by molar-refractivity contribution is 5.85. The van der Waals surface area contributed by atoms with Crippen LogP contribution in [0.3, 0.4) is 0 Å². The predicted octanol–water partition coefficient (Wildman–Crippen LogP) is 3.75. The van der Waals surface area contributed by atoms with Crippen LogP contribution in [0, 0.1) is 5.82 Å². The summed E-state index contributed by atoms with van der Waals surface area (Å²) >= 11 is 0. The molecule has 1 N–H and O–H groups in total. The number of halogens is 1. The van der Waals surface area contributed by atoms with Crippen LogP contribution in [0.5, 0.6) is 5.75 Å². The smallest absolute Gasteiger partial charge is 0.124 e. The van der Waals surface area contributed by atoms with Crippen LogP contribution in [0.15, 0.2) is 54.7 Å². The van der Waals surface area contributed by atoms with Crippen LogP contribution in [-0.4, -0.2) is 10.1 Å². The molecule has 0 bridgehead atoms. The van der Waals surface area contributed by atoms with Gasteiger partial charge in [-0.1, -0.05) is 12.1 Å². The van der Waals surface area contributed by atoms with Gasteiger partial charge in [0.05, 0.1) is 5.52 Å². The number of benzene rings is 2. The van der Waals surface area contributed by atoms with Crippen molar-refractivity contribution in [2.24, 2.45) is 0 Å². The Balaban J connectivity index is 2.22. The van der Waals surface area contributed by atoms with Gasteiger partial charge in [-0.3, -0.25) is 4.98 Å². The molecule has 2 aromatic carbocycles. The van der Waals surface area contributed by atoms with Crippen molar-refractivity contribution in [2.45, 2.75) is 0 Å². The summed E-state index contributed by atoms with van der Waals surface area (Å²) in [5.41, 5.74) is 2.13. The monoisotopic (exact) mass is 239 g/mol. The molecule has 0 saturated carbocycles. The van der Waals surface area contributed by atoms with E-state index in [1.54, 1.807) is 6.20 Å². The summed E-state index contributed by atoms with van der Waals surface area (Å²) in [6, 6.07) is 13.3. The van der Waals surface area contributed by atoms with Gasteiger partial charge in [0.2, 0.25) is 0 Å². The van der Waals surface area contributed by atoms with Crippen LogP contribution in [0.4, 0.5) is 4.39 Å². The molecule has 3 heteroatoms. The van der Waals surface area contributed by atoms with Gasteiger partial charge in [0, 0.05) is 17.1 Å². The number of pyridine rings is 1. The van der Waals surface area contributed by atoms with E-state index in [4.69, 9.17) is 0 Å². The molecule has 0 saturated heterocycles. The molecule has 0 aliphatic carbocycles. The molecule has 0 unspecified atom stereocenters. The number of phenols is 1. The Morgan fingerprint density at radius 1 is 1.00 bits per heavy atom. The Labute approximate surface area is 103 Å². The minimum atomic E-state index is -0.367. The minimum absolute atomic E-state index is 0.0691. The number of nitrogens with zero attached hydrogens (tertiary/aromatic N) is 1. The van der Waals surface area contributed by atoms with Gasteiger partial charge in [-0.05, 0) is 42.0 Å². The first kappa shape index (κ1) is 10.7. The Hall–Kier alpha value is -2.42. The Bertz CT molecular complexity index is 725. The first-order chi connectivity index (χ1) is 8.74. The molecule has 2 nitrogen and oxygen atoms in total. The first-order valence-corrected chi connectivity index (χ1v) is 5.58. The highest BCUT2D eigenvalue weighted by Crippen LogP contribution is 2.31. The fourth-order valence-corrected chi connectivity index (χ4v) is 1.98. The molecular formula is C15H10FNO. The lowest BCUT2D eigenvalue weighted by atomic mass is 10.0. The molecule has 0 amide bonds. The quantitative estimate of drug-likeness (QED) is 0.701. The highest BCUT2D eigenvalue weighted by atomic mass is 19.1. The van der Waals surface area contributed by atoms with Gasteiger partial charge in [0.15, 0.2) is 0 Å². The van der Waals surface area contributed by atoms with E-state index in [1.165, 1.54) is 18.2 Å². The number of phenolic OH excluding ortho intramolecular Hbond substituents is 1. The van der Waals surface area contributed by atoms with Crippen molar-refractivity contribution in [2.75, 3.05) is 0 Å². The molecule has 18 heavy (non-hydrogen) atoms. The van der Waals surface area contributed by atoms with Crippen molar-refractivity contribution in [3.8, 4) is 16.9 Å². The average molecular weight is 239 g/mol. The molecule has 3 rings (SSSR count). The second kappa shape index (κ2) is 4.11. The van der Waals surface area contributed by atoms with Crippen LogP contribution in [0.2, 0.25) is 0 Å². The van der Waals surface area contributed by atoms with E-state index in [0.29, 0.717) is 5.56 Å². The second-order valence-electron chi connectivity index (χ2n) is 4.07. The zero-order valence-corrected chi connectivity index (χ0v) is 9.47. The minimum Gasteiger partial charge on any atom is -0.507 e. The summed E-state index contributed by atoms with van der Waals surface area (Å²) in [4.78, 5) is 4.22. The predicted molar refractivity (Wildman–Crippen MR) is 68.8 cm³/mol. The largest absolute Gasteiger partial charge is 0.507 e. The van der Waals surface area contributed by atoms with Crippen molar-refractivity contribution in [3.05, 3.63) is 60.5 Å². The topological polar surface area (TPSA) is 33.1 Å². The average Bonchev–Trinajstić information content (AvgIpc) is 2.41. The molecule has 0 aliphatic heterocycles. The Morgan fingerprint density at radius 3 is 2.78 bits per heavy atom. The molecular weight excluding hydrogens is 229 g/mol. The Morgan fingerprint density at radius 2 is 1.89 bits per heavy atom. The molecule has 3 aromatic rings. The fraction of sp³-hybridized carbons (Fsp3) is 0. The summed E-state index contributed by atoms with van der Waals surface area (Å²) in [5.74, 6) is -0.297. The SMILES string of the molecule is Oc1ccc(F)cc1-c1ccc2ncccc2c1. The molecule has 0 atom stereocenters. The third-order valence-electron chi connectivity index (χ3n) is 2.87. The number of rotatable bonds is 1. The lowest BCUT2D eigenvalue weighted by Crippen LogP contribution is -1.83. The van der Waals surface area contributed by atoms with E-state index in [9.17, 15) is 9.50 Å². The number of hydrogen-bond donors (Lipinski definition) is 1. The van der Waals surface area contributed by atoms with Gasteiger partial charge in [-0.15, -0.1) is 0 Å². The normalized spacial score (nSPS) is 10.7. The summed E-state index contributed by atoms with van der Waals surface area (Å²) in [6.07, 6.45) is 1.72. The summed E-state index contributed by atoms with van der Waals surface area (Å²) in [6.45, 7) is 0. The molecule has 88 valence electrons. The fourth-order valence-electron chi connectivity index (χ4n) is 1.98. The lowest BCUT2D eigenvalue weighted by Gasteiger charge is -2.06. The zero-order chi connectivity index (χ0) is 12.5. The van der Waals surface area contributed by atoms with Crippen molar-refractivity contribution in [3.63, 3.8) is 0 Å². The molecule has 0 radical (unpaired) electrons. The standard InChI is InChI=1S/C15H10FNO/c16-12-4-6-15(18)13(9-12)10-3-5-14-11(8-10)2-1-7-17-14/h1-9,18H. The van der Waals surface area contributed by atoms with E-state index < -0.39 is 0 Å². The van der Waals surface area contributed by atoms with Crippen LogP contribution < -0.4 is 0 Å². The first-order valence-electron chi connectivity index (χ1n) is 5.58. The summed E-state index contributed by atoms with van der Waals surface area (Å²) in [7, 11) is 0. The van der Waals surface area contributed by atoms with Crippen molar-refractivity contribution < 1.29 is 9.50 Å². The maximum Gasteiger partial charge on any atom is 0.124 e. The van der Waals surface area contributed by atoms with Crippen molar-refractivity contribution in [1.29, 1.82) is 0 Å². The van der Waals surface area contributed by atoms with E-state index >= 15 is 0 Å². The number of hydrogen-bond acceptors (Lipinski definition) is 2. The van der Waals surface area contributed by atoms with E-state index in [2.05, 4.69) is 4.98 Å². The molecule has 0 fully saturated rings. The van der Waals surface area contributed by atoms with Crippen LogP contribution >= 0.6 is 0 Å². The van der Waals surface area contributed by atoms with Crippen LogP contribution in [0.25, 0.3) is 22.0 Å².